The summed E-state index contributed by atoms with van der Waals surface area (Å²) in [5, 5.41) is 0. The van der Waals surface area contributed by atoms with Crippen molar-refractivity contribution in [1.29, 1.82) is 0 Å². The molecule has 2 heterocycles. The van der Waals surface area contributed by atoms with Gasteiger partial charge in [0.2, 0.25) is 6.23 Å². The summed E-state index contributed by atoms with van der Waals surface area (Å²) in [5.41, 5.74) is 0. The number of hydrogen-bond acceptors (Lipinski definition) is 6. The number of hydrogen-bond donors (Lipinski definition) is 1. The molecule has 1 N–H and O–H groups in total. The Hall–Kier alpha value is -1.32. The summed E-state index contributed by atoms with van der Waals surface area (Å²) < 4.78 is 38.9. The van der Waals surface area contributed by atoms with E-state index in [0.29, 0.717) is 5.76 Å². The van der Waals surface area contributed by atoms with Gasteiger partial charge in [-0.2, -0.15) is 8.42 Å². The first kappa shape index (κ1) is 11.2. The SMILES string of the molecule is COC1=CN2CN(C1)C(=O)C2OS(=O)(=O)O. The fourth-order valence-electron chi connectivity index (χ4n) is 1.62. The summed E-state index contributed by atoms with van der Waals surface area (Å²) in [6.07, 6.45) is 0.139. The normalized spacial score (nSPS) is 24.8. The van der Waals surface area contributed by atoms with Gasteiger partial charge in [0.05, 0.1) is 20.3 Å². The van der Waals surface area contributed by atoms with Gasteiger partial charge >= 0.3 is 10.4 Å². The minimum Gasteiger partial charge on any atom is -0.498 e. The molecule has 16 heavy (non-hydrogen) atoms. The fourth-order valence-corrected chi connectivity index (χ4v) is 2.04. The van der Waals surface area contributed by atoms with Crippen LogP contribution < -0.4 is 0 Å². The van der Waals surface area contributed by atoms with E-state index in [1.165, 1.54) is 23.1 Å². The lowest BCUT2D eigenvalue weighted by Gasteiger charge is -2.24. The van der Waals surface area contributed by atoms with Crippen molar-refractivity contribution in [3.8, 4) is 0 Å². The lowest BCUT2D eigenvalue weighted by molar-refractivity contribution is -0.134. The Kier molecular flexibility index (Phi) is 2.52. The summed E-state index contributed by atoms with van der Waals surface area (Å²) in [5.74, 6) is -0.0121. The number of methoxy groups -OCH3 is 1. The van der Waals surface area contributed by atoms with Crippen molar-refractivity contribution in [3.63, 3.8) is 0 Å². The highest BCUT2D eigenvalue weighted by Crippen LogP contribution is 2.24. The van der Waals surface area contributed by atoms with Crippen LogP contribution in [0.4, 0.5) is 0 Å². The molecule has 1 amide bonds. The van der Waals surface area contributed by atoms with Crippen molar-refractivity contribution < 1.29 is 26.7 Å². The highest BCUT2D eigenvalue weighted by Gasteiger charge is 2.43. The van der Waals surface area contributed by atoms with Gasteiger partial charge in [0.25, 0.3) is 5.91 Å². The Balaban J connectivity index is 2.22. The molecule has 0 radical (unpaired) electrons. The Morgan fingerprint density at radius 3 is 2.81 bits per heavy atom. The van der Waals surface area contributed by atoms with Gasteiger partial charge in [-0.1, -0.05) is 0 Å². The van der Waals surface area contributed by atoms with E-state index < -0.39 is 22.5 Å². The highest BCUT2D eigenvalue weighted by molar-refractivity contribution is 7.80. The summed E-state index contributed by atoms with van der Waals surface area (Å²) in [6, 6.07) is 0. The standard InChI is InChI=1S/C7H10N2O6S/c1-14-5-2-8-4-9(3-5)7(6(8)10)15-16(11,12)13/h3,7H,2,4H2,1H3,(H,11,12,13). The van der Waals surface area contributed by atoms with E-state index >= 15 is 0 Å². The summed E-state index contributed by atoms with van der Waals surface area (Å²) >= 11 is 0. The third-order valence-corrected chi connectivity index (χ3v) is 2.72. The molecule has 2 aliphatic rings. The van der Waals surface area contributed by atoms with E-state index in [2.05, 4.69) is 4.18 Å². The zero-order chi connectivity index (χ0) is 11.9. The van der Waals surface area contributed by atoms with Crippen LogP contribution in [0.5, 0.6) is 0 Å². The first-order chi connectivity index (χ1) is 7.40. The van der Waals surface area contributed by atoms with E-state index in [1.807, 2.05) is 0 Å². The molecular weight excluding hydrogens is 240 g/mol. The molecule has 9 heteroatoms. The second-order valence-corrected chi connectivity index (χ2v) is 4.42. The maximum Gasteiger partial charge on any atom is 0.399 e. The van der Waals surface area contributed by atoms with Crippen LogP contribution in [0.1, 0.15) is 0 Å². The number of ether oxygens (including phenoxy) is 1. The Morgan fingerprint density at radius 1 is 1.56 bits per heavy atom. The molecule has 0 aromatic carbocycles. The van der Waals surface area contributed by atoms with Crippen molar-refractivity contribution in [2.75, 3.05) is 20.3 Å². The van der Waals surface area contributed by atoms with Crippen LogP contribution in [0.3, 0.4) is 0 Å². The molecule has 1 atom stereocenters. The van der Waals surface area contributed by atoms with Gasteiger partial charge in [0.1, 0.15) is 5.76 Å². The lowest BCUT2D eigenvalue weighted by atomic mass is 10.4. The number of carbonyl (C=O) groups is 1. The maximum absolute atomic E-state index is 11.6. The first-order valence-electron chi connectivity index (χ1n) is 4.35. The van der Waals surface area contributed by atoms with Gasteiger partial charge in [-0.3, -0.25) is 9.35 Å². The molecule has 0 spiro atoms. The molecule has 1 fully saturated rings. The molecular formula is C7H10N2O6S. The van der Waals surface area contributed by atoms with Crippen LogP contribution in [0, 0.1) is 0 Å². The van der Waals surface area contributed by atoms with Crippen molar-refractivity contribution in [2.45, 2.75) is 6.23 Å². The summed E-state index contributed by atoms with van der Waals surface area (Å²) in [4.78, 5) is 14.3. The number of carbonyl (C=O) groups excluding carboxylic acids is 1. The molecule has 1 saturated heterocycles. The fraction of sp³-hybridized carbons (Fsp3) is 0.571. The van der Waals surface area contributed by atoms with Crippen LogP contribution in [0.2, 0.25) is 0 Å². The Morgan fingerprint density at radius 2 is 2.25 bits per heavy atom. The van der Waals surface area contributed by atoms with Gasteiger partial charge in [-0.25, -0.2) is 4.18 Å². The van der Waals surface area contributed by atoms with Gasteiger partial charge in [-0.05, 0) is 0 Å². The molecule has 1 unspecified atom stereocenters. The largest absolute Gasteiger partial charge is 0.498 e. The topological polar surface area (TPSA) is 96.4 Å². The third-order valence-electron chi connectivity index (χ3n) is 2.29. The maximum atomic E-state index is 11.6. The smallest absolute Gasteiger partial charge is 0.399 e. The number of nitrogens with zero attached hydrogens (tertiary/aromatic N) is 2. The minimum absolute atomic E-state index is 0.214. The van der Waals surface area contributed by atoms with Gasteiger partial charge in [-0.15, -0.1) is 0 Å². The van der Waals surface area contributed by atoms with E-state index in [0.717, 1.165) is 0 Å². The number of fused-ring (bicyclic) bond motifs is 2. The minimum atomic E-state index is -4.66. The van der Waals surface area contributed by atoms with Crippen LogP contribution in [-0.2, 0) is 24.1 Å². The predicted molar refractivity (Wildman–Crippen MR) is 49.9 cm³/mol. The molecule has 0 aromatic rings. The quantitative estimate of drug-likeness (QED) is 0.624. The average molecular weight is 250 g/mol. The monoisotopic (exact) mass is 250 g/mol. The molecule has 8 nitrogen and oxygen atoms in total. The molecule has 2 aliphatic heterocycles. The van der Waals surface area contributed by atoms with Crippen LogP contribution in [0.15, 0.2) is 12.0 Å². The summed E-state index contributed by atoms with van der Waals surface area (Å²) in [6.45, 7) is 0.475. The highest BCUT2D eigenvalue weighted by atomic mass is 32.3. The van der Waals surface area contributed by atoms with Gasteiger partial charge in [0, 0.05) is 6.20 Å². The lowest BCUT2D eigenvalue weighted by Crippen LogP contribution is -2.33. The molecule has 90 valence electrons. The third kappa shape index (κ3) is 1.96. The molecule has 2 rings (SSSR count). The van der Waals surface area contributed by atoms with Crippen LogP contribution >= 0.6 is 0 Å². The second-order valence-electron chi connectivity index (χ2n) is 3.37. The van der Waals surface area contributed by atoms with E-state index in [4.69, 9.17) is 9.29 Å². The Labute approximate surface area is 92.0 Å². The second kappa shape index (κ2) is 3.61. The van der Waals surface area contributed by atoms with Crippen LogP contribution in [-0.4, -0.2) is 55.2 Å². The van der Waals surface area contributed by atoms with Crippen molar-refractivity contribution >= 4 is 16.3 Å². The number of rotatable bonds is 3. The average Bonchev–Trinajstić information content (AvgIpc) is 2.40. The summed E-state index contributed by atoms with van der Waals surface area (Å²) in [7, 11) is -3.22. The molecule has 0 aliphatic carbocycles. The molecule has 0 aromatic heterocycles. The zero-order valence-corrected chi connectivity index (χ0v) is 9.18. The van der Waals surface area contributed by atoms with Gasteiger partial charge in [0.15, 0.2) is 0 Å². The van der Waals surface area contributed by atoms with E-state index in [-0.39, 0.29) is 13.2 Å². The van der Waals surface area contributed by atoms with Crippen LogP contribution in [0.25, 0.3) is 0 Å². The van der Waals surface area contributed by atoms with Crippen molar-refractivity contribution in [3.05, 3.63) is 12.0 Å². The number of amides is 1. The Bertz CT molecular complexity index is 444. The predicted octanol–water partition coefficient (Wildman–Crippen LogP) is -1.26. The zero-order valence-electron chi connectivity index (χ0n) is 8.36. The molecule has 0 saturated carbocycles. The van der Waals surface area contributed by atoms with Crippen molar-refractivity contribution in [2.24, 2.45) is 0 Å². The van der Waals surface area contributed by atoms with E-state index in [1.54, 1.807) is 0 Å². The molecule has 2 bridgehead atoms. The van der Waals surface area contributed by atoms with E-state index in [9.17, 15) is 13.2 Å². The first-order valence-corrected chi connectivity index (χ1v) is 5.72. The van der Waals surface area contributed by atoms with Crippen molar-refractivity contribution in [1.82, 2.24) is 9.80 Å². The van der Waals surface area contributed by atoms with Gasteiger partial charge < -0.3 is 14.5 Å².